The Morgan fingerprint density at radius 3 is 2.46 bits per heavy atom. The van der Waals surface area contributed by atoms with Gasteiger partial charge in [-0.25, -0.2) is 0 Å². The van der Waals surface area contributed by atoms with E-state index >= 15 is 0 Å². The Bertz CT molecular complexity index is 915. The lowest BCUT2D eigenvalue weighted by molar-refractivity contribution is -0.129. The first-order chi connectivity index (χ1) is 12.6. The molecule has 0 N–H and O–H groups in total. The molecule has 0 saturated carbocycles. The van der Waals surface area contributed by atoms with Crippen molar-refractivity contribution >= 4 is 16.7 Å². The highest BCUT2D eigenvalue weighted by atomic mass is 16.5. The SMILES string of the molecule is COc1ccc(CN(C)C(=O)Cc2cccc3ccccc23)c(OC)c1. The van der Waals surface area contributed by atoms with Crippen LogP contribution in [0.25, 0.3) is 10.8 Å². The van der Waals surface area contributed by atoms with Crippen molar-refractivity contribution in [3.05, 3.63) is 71.8 Å². The van der Waals surface area contributed by atoms with E-state index in [1.54, 1.807) is 19.1 Å². The van der Waals surface area contributed by atoms with E-state index in [0.29, 0.717) is 18.7 Å². The molecule has 4 nitrogen and oxygen atoms in total. The maximum Gasteiger partial charge on any atom is 0.227 e. The highest BCUT2D eigenvalue weighted by Gasteiger charge is 2.14. The van der Waals surface area contributed by atoms with Gasteiger partial charge in [0, 0.05) is 25.2 Å². The van der Waals surface area contributed by atoms with E-state index in [1.807, 2.05) is 49.5 Å². The largest absolute Gasteiger partial charge is 0.497 e. The number of fused-ring (bicyclic) bond motifs is 1. The summed E-state index contributed by atoms with van der Waals surface area (Å²) < 4.78 is 10.6. The van der Waals surface area contributed by atoms with Crippen LogP contribution in [0.5, 0.6) is 11.5 Å². The predicted octanol–water partition coefficient (Wildman–Crippen LogP) is 4.06. The van der Waals surface area contributed by atoms with Crippen molar-refractivity contribution in [2.45, 2.75) is 13.0 Å². The first-order valence-corrected chi connectivity index (χ1v) is 8.54. The smallest absolute Gasteiger partial charge is 0.227 e. The molecule has 3 aromatic rings. The summed E-state index contributed by atoms with van der Waals surface area (Å²) in [6, 6.07) is 19.9. The van der Waals surface area contributed by atoms with Gasteiger partial charge in [0.2, 0.25) is 5.91 Å². The fourth-order valence-electron chi connectivity index (χ4n) is 3.07. The van der Waals surface area contributed by atoms with Crippen molar-refractivity contribution in [3.63, 3.8) is 0 Å². The summed E-state index contributed by atoms with van der Waals surface area (Å²) in [5.41, 5.74) is 1.99. The van der Waals surface area contributed by atoms with E-state index in [4.69, 9.17) is 9.47 Å². The lowest BCUT2D eigenvalue weighted by Crippen LogP contribution is -2.28. The van der Waals surface area contributed by atoms with Gasteiger partial charge in [0.25, 0.3) is 0 Å². The summed E-state index contributed by atoms with van der Waals surface area (Å²) >= 11 is 0. The maximum atomic E-state index is 12.7. The molecule has 0 spiro atoms. The number of hydrogen-bond donors (Lipinski definition) is 0. The van der Waals surface area contributed by atoms with Gasteiger partial charge in [-0.1, -0.05) is 42.5 Å². The summed E-state index contributed by atoms with van der Waals surface area (Å²) in [5.74, 6) is 1.52. The molecule has 26 heavy (non-hydrogen) atoms. The van der Waals surface area contributed by atoms with Gasteiger partial charge in [-0.15, -0.1) is 0 Å². The minimum absolute atomic E-state index is 0.0687. The molecule has 1 amide bonds. The molecule has 0 aliphatic heterocycles. The second-order valence-corrected chi connectivity index (χ2v) is 6.24. The maximum absolute atomic E-state index is 12.7. The Morgan fingerprint density at radius 1 is 0.923 bits per heavy atom. The quantitative estimate of drug-likeness (QED) is 0.674. The number of amides is 1. The monoisotopic (exact) mass is 349 g/mol. The molecule has 3 rings (SSSR count). The zero-order valence-electron chi connectivity index (χ0n) is 15.4. The summed E-state index contributed by atoms with van der Waals surface area (Å²) in [6.07, 6.45) is 0.371. The second-order valence-electron chi connectivity index (χ2n) is 6.24. The molecule has 0 aliphatic carbocycles. The van der Waals surface area contributed by atoms with Gasteiger partial charge in [0.1, 0.15) is 11.5 Å². The summed E-state index contributed by atoms with van der Waals surface area (Å²) in [6.45, 7) is 0.483. The number of hydrogen-bond acceptors (Lipinski definition) is 3. The van der Waals surface area contributed by atoms with Crippen molar-refractivity contribution in [1.29, 1.82) is 0 Å². The van der Waals surface area contributed by atoms with Gasteiger partial charge in [0.05, 0.1) is 20.6 Å². The zero-order chi connectivity index (χ0) is 18.5. The topological polar surface area (TPSA) is 38.8 Å². The summed E-state index contributed by atoms with van der Waals surface area (Å²) in [4.78, 5) is 14.5. The predicted molar refractivity (Wildman–Crippen MR) is 104 cm³/mol. The van der Waals surface area contributed by atoms with Gasteiger partial charge >= 0.3 is 0 Å². The van der Waals surface area contributed by atoms with Crippen LogP contribution < -0.4 is 9.47 Å². The van der Waals surface area contributed by atoms with Crippen LogP contribution in [0.2, 0.25) is 0 Å². The van der Waals surface area contributed by atoms with Gasteiger partial charge in [-0.2, -0.15) is 0 Å². The number of benzene rings is 3. The molecule has 0 bridgehead atoms. The molecule has 0 radical (unpaired) electrons. The van der Waals surface area contributed by atoms with E-state index in [2.05, 4.69) is 18.2 Å². The summed E-state index contributed by atoms with van der Waals surface area (Å²) in [7, 11) is 5.06. The van der Waals surface area contributed by atoms with Crippen LogP contribution in [-0.2, 0) is 17.8 Å². The van der Waals surface area contributed by atoms with E-state index in [0.717, 1.165) is 27.6 Å². The fraction of sp³-hybridized carbons (Fsp3) is 0.227. The van der Waals surface area contributed by atoms with Crippen molar-refractivity contribution in [2.75, 3.05) is 21.3 Å². The van der Waals surface area contributed by atoms with Crippen molar-refractivity contribution in [1.82, 2.24) is 4.90 Å². The highest BCUT2D eigenvalue weighted by molar-refractivity contribution is 5.90. The Labute approximate surface area is 154 Å². The number of rotatable bonds is 6. The molecule has 0 unspecified atom stereocenters. The number of likely N-dealkylation sites (N-methyl/N-ethyl adjacent to an activating group) is 1. The third-order valence-corrected chi connectivity index (χ3v) is 4.55. The fourth-order valence-corrected chi connectivity index (χ4v) is 3.07. The molecule has 3 aromatic carbocycles. The van der Waals surface area contributed by atoms with Crippen LogP contribution in [0.3, 0.4) is 0 Å². The number of nitrogens with zero attached hydrogens (tertiary/aromatic N) is 1. The van der Waals surface area contributed by atoms with E-state index in [-0.39, 0.29) is 5.91 Å². The first kappa shape index (κ1) is 17.8. The molecule has 4 heteroatoms. The van der Waals surface area contributed by atoms with Crippen LogP contribution in [0.15, 0.2) is 60.7 Å². The normalized spacial score (nSPS) is 10.6. The van der Waals surface area contributed by atoms with Crippen LogP contribution in [0.4, 0.5) is 0 Å². The van der Waals surface area contributed by atoms with Crippen molar-refractivity contribution in [2.24, 2.45) is 0 Å². The van der Waals surface area contributed by atoms with E-state index in [9.17, 15) is 4.79 Å². The Kier molecular flexibility index (Phi) is 5.42. The minimum Gasteiger partial charge on any atom is -0.497 e. The number of carbonyl (C=O) groups is 1. The lowest BCUT2D eigenvalue weighted by Gasteiger charge is -2.20. The van der Waals surface area contributed by atoms with Crippen LogP contribution >= 0.6 is 0 Å². The van der Waals surface area contributed by atoms with Crippen molar-refractivity contribution < 1.29 is 14.3 Å². The third-order valence-electron chi connectivity index (χ3n) is 4.55. The summed E-state index contributed by atoms with van der Waals surface area (Å²) in [5, 5.41) is 2.27. The lowest BCUT2D eigenvalue weighted by atomic mass is 10.0. The van der Waals surface area contributed by atoms with Crippen molar-refractivity contribution in [3.8, 4) is 11.5 Å². The highest BCUT2D eigenvalue weighted by Crippen LogP contribution is 2.26. The average Bonchev–Trinajstić information content (AvgIpc) is 2.68. The van der Waals surface area contributed by atoms with Crippen LogP contribution in [-0.4, -0.2) is 32.1 Å². The van der Waals surface area contributed by atoms with Gasteiger partial charge < -0.3 is 14.4 Å². The molecule has 0 aromatic heterocycles. The number of ether oxygens (including phenoxy) is 2. The zero-order valence-corrected chi connectivity index (χ0v) is 15.4. The number of methoxy groups -OCH3 is 2. The Morgan fingerprint density at radius 2 is 1.69 bits per heavy atom. The van der Waals surface area contributed by atoms with E-state index < -0.39 is 0 Å². The van der Waals surface area contributed by atoms with Gasteiger partial charge in [-0.05, 0) is 28.5 Å². The van der Waals surface area contributed by atoms with Gasteiger partial charge in [0.15, 0.2) is 0 Å². The average molecular weight is 349 g/mol. The Hall–Kier alpha value is -3.01. The van der Waals surface area contributed by atoms with Crippen LogP contribution in [0.1, 0.15) is 11.1 Å². The second kappa shape index (κ2) is 7.91. The first-order valence-electron chi connectivity index (χ1n) is 8.54. The molecule has 134 valence electrons. The third kappa shape index (κ3) is 3.80. The molecule has 0 saturated heterocycles. The molecule has 0 atom stereocenters. The molecule has 0 aliphatic rings. The van der Waals surface area contributed by atoms with Gasteiger partial charge in [-0.3, -0.25) is 4.79 Å². The molecule has 0 fully saturated rings. The molecular formula is C22H23NO3. The Balaban J connectivity index is 1.76. The minimum atomic E-state index is 0.0687. The molecule has 0 heterocycles. The number of carbonyl (C=O) groups excluding carboxylic acids is 1. The molecular weight excluding hydrogens is 326 g/mol. The standard InChI is InChI=1S/C22H23NO3/c1-23(15-18-11-12-19(25-2)14-21(18)26-3)22(24)13-17-9-6-8-16-7-4-5-10-20(16)17/h4-12,14H,13,15H2,1-3H3. The van der Waals surface area contributed by atoms with Crippen LogP contribution in [0, 0.1) is 0 Å². The van der Waals surface area contributed by atoms with E-state index in [1.165, 1.54) is 0 Å².